The molecule has 0 bridgehead atoms. The zero-order chi connectivity index (χ0) is 19.4. The van der Waals surface area contributed by atoms with Crippen LogP contribution >= 0.6 is 57.7 Å². The lowest BCUT2D eigenvalue weighted by atomic mass is 10.1. The number of hydrogen-bond donors (Lipinski definition) is 1. The highest BCUT2D eigenvalue weighted by molar-refractivity contribution is 7.15. The zero-order valence-electron chi connectivity index (χ0n) is 13.7. The van der Waals surface area contributed by atoms with Crippen LogP contribution in [0.2, 0.25) is 20.1 Å². The number of thiazole rings is 1. The van der Waals surface area contributed by atoms with Crippen LogP contribution < -0.4 is 5.32 Å². The quantitative estimate of drug-likeness (QED) is 0.419. The molecule has 0 fully saturated rings. The van der Waals surface area contributed by atoms with E-state index in [1.165, 1.54) is 17.4 Å². The van der Waals surface area contributed by atoms with Crippen LogP contribution in [-0.4, -0.2) is 10.9 Å². The molecule has 0 saturated carbocycles. The Labute approximate surface area is 180 Å². The number of nitrogens with one attached hydrogen (secondary N) is 1. The number of carbonyl (C=O) groups excluding carboxylic acids is 1. The summed E-state index contributed by atoms with van der Waals surface area (Å²) in [6.07, 6.45) is 5.36. The van der Waals surface area contributed by atoms with Gasteiger partial charge in [0.1, 0.15) is 0 Å². The smallest absolute Gasteiger partial charge is 0.250 e. The molecule has 0 aliphatic rings. The highest BCUT2D eigenvalue weighted by atomic mass is 35.5. The van der Waals surface area contributed by atoms with Crippen LogP contribution in [0.1, 0.15) is 16.0 Å². The Morgan fingerprint density at radius 1 is 1.07 bits per heavy atom. The molecule has 0 unspecified atom stereocenters. The predicted molar refractivity (Wildman–Crippen MR) is 116 cm³/mol. The minimum Gasteiger partial charge on any atom is -0.298 e. The van der Waals surface area contributed by atoms with Crippen molar-refractivity contribution in [1.29, 1.82) is 0 Å². The fraction of sp³-hybridized carbons (Fsp3) is 0.0526. The molecule has 27 heavy (non-hydrogen) atoms. The topological polar surface area (TPSA) is 42.0 Å². The lowest BCUT2D eigenvalue weighted by Gasteiger charge is -2.03. The van der Waals surface area contributed by atoms with Gasteiger partial charge in [0.2, 0.25) is 5.91 Å². The summed E-state index contributed by atoms with van der Waals surface area (Å²) in [5, 5.41) is 5.18. The Hall–Kier alpha value is -1.56. The molecule has 3 rings (SSSR count). The van der Waals surface area contributed by atoms with Gasteiger partial charge in [0.05, 0.1) is 20.1 Å². The number of nitrogens with zero attached hydrogens (tertiary/aromatic N) is 1. The van der Waals surface area contributed by atoms with Crippen LogP contribution in [0.3, 0.4) is 0 Å². The molecule has 0 atom stereocenters. The summed E-state index contributed by atoms with van der Waals surface area (Å²) in [7, 11) is 0. The van der Waals surface area contributed by atoms with E-state index in [-0.39, 0.29) is 5.91 Å². The molecule has 0 saturated heterocycles. The van der Waals surface area contributed by atoms with E-state index >= 15 is 0 Å². The third kappa shape index (κ3) is 5.47. The average molecular weight is 458 g/mol. The average Bonchev–Trinajstić information content (AvgIpc) is 3.07. The maximum Gasteiger partial charge on any atom is 0.250 e. The van der Waals surface area contributed by atoms with Gasteiger partial charge in [-0.05, 0) is 35.4 Å². The maximum absolute atomic E-state index is 12.1. The lowest BCUT2D eigenvalue weighted by Crippen LogP contribution is -2.07. The maximum atomic E-state index is 12.1. The first-order valence-electron chi connectivity index (χ1n) is 7.74. The highest BCUT2D eigenvalue weighted by Gasteiger charge is 2.09. The van der Waals surface area contributed by atoms with Crippen molar-refractivity contribution in [3.8, 4) is 0 Å². The Morgan fingerprint density at radius 3 is 2.67 bits per heavy atom. The van der Waals surface area contributed by atoms with E-state index in [4.69, 9.17) is 46.4 Å². The van der Waals surface area contributed by atoms with Gasteiger partial charge in [0, 0.05) is 23.6 Å². The molecule has 3 nitrogen and oxygen atoms in total. The fourth-order valence-corrected chi connectivity index (χ4v) is 3.79. The summed E-state index contributed by atoms with van der Waals surface area (Å²) < 4.78 is 0. The second-order valence-electron chi connectivity index (χ2n) is 5.52. The first-order chi connectivity index (χ1) is 12.9. The molecule has 0 radical (unpaired) electrons. The van der Waals surface area contributed by atoms with E-state index < -0.39 is 0 Å². The summed E-state index contributed by atoms with van der Waals surface area (Å²) in [5.41, 5.74) is 1.68. The third-order valence-electron chi connectivity index (χ3n) is 3.55. The summed E-state index contributed by atoms with van der Waals surface area (Å²) in [5.74, 6) is -0.289. The number of hydrogen-bond acceptors (Lipinski definition) is 3. The van der Waals surface area contributed by atoms with Crippen molar-refractivity contribution in [2.75, 3.05) is 5.32 Å². The van der Waals surface area contributed by atoms with E-state index in [1.54, 1.807) is 36.5 Å². The molecule has 0 aliphatic heterocycles. The van der Waals surface area contributed by atoms with Gasteiger partial charge in [-0.25, -0.2) is 4.98 Å². The SMILES string of the molecule is O=C(/C=C\c1ccc(Cl)c(Cl)c1)Nc1ncc(Cc2cccc(Cl)c2Cl)s1. The van der Waals surface area contributed by atoms with Gasteiger partial charge in [-0.3, -0.25) is 10.1 Å². The van der Waals surface area contributed by atoms with Gasteiger partial charge < -0.3 is 0 Å². The molecule has 1 heterocycles. The molecule has 1 N–H and O–H groups in total. The highest BCUT2D eigenvalue weighted by Crippen LogP contribution is 2.29. The van der Waals surface area contributed by atoms with Crippen LogP contribution in [0, 0.1) is 0 Å². The predicted octanol–water partition coefficient (Wildman–Crippen LogP) is 7.00. The molecule has 138 valence electrons. The minimum atomic E-state index is -0.289. The monoisotopic (exact) mass is 456 g/mol. The third-order valence-corrected chi connectivity index (χ3v) is 6.06. The van der Waals surface area contributed by atoms with Gasteiger partial charge >= 0.3 is 0 Å². The van der Waals surface area contributed by atoms with Crippen molar-refractivity contribution in [1.82, 2.24) is 4.98 Å². The van der Waals surface area contributed by atoms with Crippen molar-refractivity contribution in [3.63, 3.8) is 0 Å². The Morgan fingerprint density at radius 2 is 1.89 bits per heavy atom. The van der Waals surface area contributed by atoms with E-state index in [0.29, 0.717) is 31.6 Å². The number of benzene rings is 2. The molecule has 1 amide bonds. The lowest BCUT2D eigenvalue weighted by molar-refractivity contribution is -0.111. The van der Waals surface area contributed by atoms with Gasteiger partial charge in [-0.15, -0.1) is 11.3 Å². The first kappa shape index (κ1) is 20.2. The van der Waals surface area contributed by atoms with Gasteiger partial charge in [-0.1, -0.05) is 64.6 Å². The van der Waals surface area contributed by atoms with Crippen LogP contribution in [0.5, 0.6) is 0 Å². The summed E-state index contributed by atoms with van der Waals surface area (Å²) in [6, 6.07) is 10.6. The van der Waals surface area contributed by atoms with Crippen molar-refractivity contribution in [3.05, 3.63) is 84.8 Å². The second-order valence-corrected chi connectivity index (χ2v) is 8.23. The number of carbonyl (C=O) groups is 1. The molecule has 0 aliphatic carbocycles. The molecule has 2 aromatic carbocycles. The van der Waals surface area contributed by atoms with Gasteiger partial charge in [0.15, 0.2) is 5.13 Å². The zero-order valence-corrected chi connectivity index (χ0v) is 17.5. The number of aromatic nitrogens is 1. The summed E-state index contributed by atoms with van der Waals surface area (Å²) >= 11 is 25.5. The molecule has 8 heteroatoms. The van der Waals surface area contributed by atoms with Crippen molar-refractivity contribution in [2.24, 2.45) is 0 Å². The van der Waals surface area contributed by atoms with Crippen molar-refractivity contribution >= 4 is 74.9 Å². The Balaban J connectivity index is 1.63. The van der Waals surface area contributed by atoms with E-state index in [1.807, 2.05) is 12.1 Å². The van der Waals surface area contributed by atoms with E-state index in [9.17, 15) is 4.79 Å². The number of amides is 1. The second kappa shape index (κ2) is 9.09. The van der Waals surface area contributed by atoms with E-state index in [2.05, 4.69) is 10.3 Å². The summed E-state index contributed by atoms with van der Waals surface area (Å²) in [4.78, 5) is 17.3. The van der Waals surface area contributed by atoms with Gasteiger partial charge in [-0.2, -0.15) is 0 Å². The molecule has 1 aromatic heterocycles. The molecule has 0 spiro atoms. The normalized spacial score (nSPS) is 11.1. The van der Waals surface area contributed by atoms with Crippen LogP contribution in [-0.2, 0) is 11.2 Å². The first-order valence-corrected chi connectivity index (χ1v) is 10.1. The standard InChI is InChI=1S/C19H12Cl4N2OS/c20-14-6-4-11(8-16(14)22)5-7-17(26)25-19-24-10-13(27-19)9-12-2-1-3-15(21)18(12)23/h1-8,10H,9H2,(H,24,25,26)/b7-5-. The Bertz CT molecular complexity index is 1020. The van der Waals surface area contributed by atoms with Crippen molar-refractivity contribution < 1.29 is 4.79 Å². The van der Waals surface area contributed by atoms with Crippen LogP contribution in [0.4, 0.5) is 5.13 Å². The summed E-state index contributed by atoms with van der Waals surface area (Å²) in [6.45, 7) is 0. The van der Waals surface area contributed by atoms with Crippen molar-refractivity contribution in [2.45, 2.75) is 6.42 Å². The van der Waals surface area contributed by atoms with E-state index in [0.717, 1.165) is 16.0 Å². The number of halogens is 4. The fourth-order valence-electron chi connectivity index (χ4n) is 2.25. The number of anilines is 1. The Kier molecular flexibility index (Phi) is 6.79. The van der Waals surface area contributed by atoms with Crippen LogP contribution in [0.15, 0.2) is 48.7 Å². The largest absolute Gasteiger partial charge is 0.298 e. The molecular weight excluding hydrogens is 446 g/mol. The molecular formula is C19H12Cl4N2OS. The number of rotatable bonds is 5. The minimum absolute atomic E-state index is 0.289. The van der Waals surface area contributed by atoms with Gasteiger partial charge in [0.25, 0.3) is 0 Å². The molecule has 3 aromatic rings. The van der Waals surface area contributed by atoms with Crippen LogP contribution in [0.25, 0.3) is 6.08 Å².